The van der Waals surface area contributed by atoms with Gasteiger partial charge in [-0.25, -0.2) is 14.6 Å². The number of alkyl carbamates (subject to hydrolysis) is 1. The quantitative estimate of drug-likeness (QED) is 0.328. The number of nitrogens with one attached hydrogen (secondary N) is 2. The van der Waals surface area contributed by atoms with E-state index >= 15 is 0 Å². The van der Waals surface area contributed by atoms with E-state index < -0.39 is 53.1 Å². The van der Waals surface area contributed by atoms with Crippen LogP contribution < -0.4 is 10.6 Å². The Morgan fingerprint density at radius 1 is 1.10 bits per heavy atom. The van der Waals surface area contributed by atoms with Gasteiger partial charge < -0.3 is 25.4 Å². The molecular formula is C34H41N7O6S. The first-order valence-corrected chi connectivity index (χ1v) is 17.3. The molecule has 3 N–H and O–H groups in total. The van der Waals surface area contributed by atoms with Gasteiger partial charge in [0.1, 0.15) is 39.6 Å². The van der Waals surface area contributed by atoms with Crippen LogP contribution in [0.2, 0.25) is 0 Å². The number of aliphatic carboxylic acids is 1. The summed E-state index contributed by atoms with van der Waals surface area (Å²) < 4.78 is 5.49. The van der Waals surface area contributed by atoms with Crippen LogP contribution in [0, 0.1) is 5.92 Å². The van der Waals surface area contributed by atoms with Crippen LogP contribution in [0.5, 0.6) is 0 Å². The predicted molar refractivity (Wildman–Crippen MR) is 178 cm³/mol. The number of fused-ring (bicyclic) bond motifs is 2. The zero-order chi connectivity index (χ0) is 34.1. The summed E-state index contributed by atoms with van der Waals surface area (Å²) in [5, 5.41) is 28.0. The molecule has 0 bridgehead atoms. The van der Waals surface area contributed by atoms with Crippen molar-refractivity contribution in [2.75, 3.05) is 6.54 Å². The maximum absolute atomic E-state index is 14.4. The Morgan fingerprint density at radius 2 is 1.88 bits per heavy atom. The number of benzene rings is 1. The van der Waals surface area contributed by atoms with Gasteiger partial charge in [-0.15, -0.1) is 16.4 Å². The van der Waals surface area contributed by atoms with Gasteiger partial charge >= 0.3 is 12.1 Å². The molecule has 4 heterocycles. The fourth-order valence-corrected chi connectivity index (χ4v) is 7.08. The lowest BCUT2D eigenvalue weighted by molar-refractivity contribution is -0.145. The average Bonchev–Trinajstić information content (AvgIpc) is 3.50. The van der Waals surface area contributed by atoms with Gasteiger partial charge in [0.2, 0.25) is 11.8 Å². The number of carbonyl (C=O) groups excluding carboxylic acids is 3. The summed E-state index contributed by atoms with van der Waals surface area (Å²) in [6, 6.07) is 7.10. The Kier molecular flexibility index (Phi) is 9.37. The number of allylic oxidation sites excluding steroid dienone is 1. The molecule has 0 unspecified atom stereocenters. The van der Waals surface area contributed by atoms with Crippen LogP contribution in [0.3, 0.4) is 0 Å². The number of thiazole rings is 1. The Balaban J connectivity index is 1.35. The highest BCUT2D eigenvalue weighted by molar-refractivity contribution is 7.13. The van der Waals surface area contributed by atoms with Crippen molar-refractivity contribution >= 4 is 35.2 Å². The topological polar surface area (TPSA) is 169 Å². The first-order valence-electron chi connectivity index (χ1n) is 16.4. The number of aromatic nitrogens is 4. The van der Waals surface area contributed by atoms with Crippen molar-refractivity contribution in [2.45, 2.75) is 95.0 Å². The zero-order valence-electron chi connectivity index (χ0n) is 27.3. The normalized spacial score (nSPS) is 27.1. The van der Waals surface area contributed by atoms with Crippen molar-refractivity contribution < 1.29 is 29.0 Å². The van der Waals surface area contributed by atoms with E-state index in [1.807, 2.05) is 47.9 Å². The minimum atomic E-state index is -1.43. The van der Waals surface area contributed by atoms with Crippen LogP contribution in [0.25, 0.3) is 22.0 Å². The number of nitrogens with zero attached hydrogens (tertiary/aromatic N) is 5. The lowest BCUT2D eigenvalue weighted by Crippen LogP contribution is -2.56. The number of carbonyl (C=O) groups is 4. The van der Waals surface area contributed by atoms with E-state index in [1.54, 1.807) is 27.0 Å². The highest BCUT2D eigenvalue weighted by atomic mass is 32.1. The molecule has 1 aromatic carbocycles. The molecule has 48 heavy (non-hydrogen) atoms. The molecule has 1 aliphatic carbocycles. The Bertz CT molecular complexity index is 1680. The van der Waals surface area contributed by atoms with Crippen molar-refractivity contribution in [1.82, 2.24) is 35.5 Å². The van der Waals surface area contributed by atoms with E-state index in [9.17, 15) is 24.3 Å². The number of ether oxygens (including phenoxy) is 1. The first-order chi connectivity index (χ1) is 22.9. The summed E-state index contributed by atoms with van der Waals surface area (Å²) in [4.78, 5) is 61.2. The van der Waals surface area contributed by atoms with Crippen molar-refractivity contribution in [2.24, 2.45) is 5.92 Å². The molecule has 1 saturated heterocycles. The molecule has 2 fully saturated rings. The van der Waals surface area contributed by atoms with Gasteiger partial charge in [-0.2, -0.15) is 9.90 Å². The van der Waals surface area contributed by atoms with Gasteiger partial charge in [0.05, 0.1) is 6.04 Å². The molecule has 14 heteroatoms. The molecule has 13 nitrogen and oxygen atoms in total. The van der Waals surface area contributed by atoms with Crippen LogP contribution in [-0.2, 0) is 19.1 Å². The second-order valence-corrected chi connectivity index (χ2v) is 14.6. The monoisotopic (exact) mass is 675 g/mol. The van der Waals surface area contributed by atoms with Crippen LogP contribution in [0.15, 0.2) is 54.1 Å². The summed E-state index contributed by atoms with van der Waals surface area (Å²) in [5.41, 5.74) is -0.166. The SMILES string of the molecule is CC(C)(C)OC(=O)N[C@@H]1CCCCC/C=C\[C@H]2C[C@]2(C(=O)O)NC(=O)[C@@H]2C[C@H](n3nc(-c4ccccc4)c(-c4nccs4)n3)CN2C1=O. The Morgan fingerprint density at radius 3 is 2.58 bits per heavy atom. The number of carboxylic acids is 1. The largest absolute Gasteiger partial charge is 0.479 e. The van der Waals surface area contributed by atoms with E-state index in [1.165, 1.54) is 21.0 Å². The minimum absolute atomic E-state index is 0.0764. The summed E-state index contributed by atoms with van der Waals surface area (Å²) in [7, 11) is 0. The van der Waals surface area contributed by atoms with Gasteiger partial charge in [-0.1, -0.05) is 55.3 Å². The molecular weight excluding hydrogens is 634 g/mol. The third kappa shape index (κ3) is 7.13. The van der Waals surface area contributed by atoms with Crippen LogP contribution in [-0.4, -0.2) is 83.6 Å². The fraction of sp³-hybridized carbons (Fsp3) is 0.500. The van der Waals surface area contributed by atoms with Gasteiger partial charge in [0.25, 0.3) is 0 Å². The van der Waals surface area contributed by atoms with E-state index in [0.29, 0.717) is 29.2 Å². The van der Waals surface area contributed by atoms with Crippen molar-refractivity contribution in [3.05, 3.63) is 54.1 Å². The van der Waals surface area contributed by atoms with Gasteiger partial charge in [0.15, 0.2) is 0 Å². The number of carboxylic acid groups (broad SMARTS) is 1. The molecule has 0 spiro atoms. The molecule has 3 aliphatic rings. The van der Waals surface area contributed by atoms with Crippen LogP contribution in [0.4, 0.5) is 4.79 Å². The molecule has 254 valence electrons. The minimum Gasteiger partial charge on any atom is -0.479 e. The third-order valence-electron chi connectivity index (χ3n) is 8.97. The summed E-state index contributed by atoms with van der Waals surface area (Å²) in [5.74, 6) is -2.45. The molecule has 5 atom stereocenters. The maximum atomic E-state index is 14.4. The van der Waals surface area contributed by atoms with Crippen molar-refractivity contribution in [3.8, 4) is 22.0 Å². The number of hydrogen-bond acceptors (Lipinski definition) is 9. The van der Waals surface area contributed by atoms with Crippen molar-refractivity contribution in [3.63, 3.8) is 0 Å². The summed E-state index contributed by atoms with van der Waals surface area (Å²) >= 11 is 1.43. The molecule has 3 amide bonds. The highest BCUT2D eigenvalue weighted by Crippen LogP contribution is 2.45. The average molecular weight is 676 g/mol. The fourth-order valence-electron chi connectivity index (χ4n) is 6.46. The van der Waals surface area contributed by atoms with E-state index in [0.717, 1.165) is 24.8 Å². The van der Waals surface area contributed by atoms with Crippen LogP contribution in [0.1, 0.15) is 71.8 Å². The van der Waals surface area contributed by atoms with Crippen molar-refractivity contribution in [1.29, 1.82) is 0 Å². The van der Waals surface area contributed by atoms with E-state index in [4.69, 9.17) is 14.9 Å². The first kappa shape index (κ1) is 33.3. The molecule has 6 rings (SSSR count). The second-order valence-electron chi connectivity index (χ2n) is 13.7. The smallest absolute Gasteiger partial charge is 0.408 e. The van der Waals surface area contributed by atoms with E-state index in [2.05, 4.69) is 15.6 Å². The van der Waals surface area contributed by atoms with E-state index in [-0.39, 0.29) is 25.3 Å². The number of rotatable bonds is 5. The third-order valence-corrected chi connectivity index (χ3v) is 9.75. The number of hydrogen-bond donors (Lipinski definition) is 3. The zero-order valence-corrected chi connectivity index (χ0v) is 28.1. The van der Waals surface area contributed by atoms with Crippen LogP contribution >= 0.6 is 11.3 Å². The standard InChI is InChI=1S/C34H41N7O6S/c1-33(2,3)47-32(46)36-24-15-11-6-4-5-10-14-22-19-34(22,31(44)45)37-28(42)25-18-23(20-40(25)30(24)43)41-38-26(21-12-8-7-9-13-21)27(39-41)29-35-16-17-48-29/h7-10,12-14,16-17,22-25H,4-6,11,15,18-20H2,1-3H3,(H,36,46)(H,37,42)(H,44,45)/b14-10-/t22-,23-,24+,25-,34-/m0/s1. The second kappa shape index (κ2) is 13.5. The summed E-state index contributed by atoms with van der Waals surface area (Å²) in [6.07, 6.45) is 8.64. The van der Waals surface area contributed by atoms with Gasteiger partial charge in [0, 0.05) is 36.0 Å². The predicted octanol–water partition coefficient (Wildman–Crippen LogP) is 4.58. The molecule has 0 radical (unpaired) electrons. The maximum Gasteiger partial charge on any atom is 0.408 e. The Labute approximate surface area is 282 Å². The highest BCUT2D eigenvalue weighted by Gasteiger charge is 2.61. The molecule has 1 saturated carbocycles. The van der Waals surface area contributed by atoms with Gasteiger partial charge in [-0.05, 0) is 46.5 Å². The summed E-state index contributed by atoms with van der Waals surface area (Å²) in [6.45, 7) is 5.31. The molecule has 2 aliphatic heterocycles. The lowest BCUT2D eigenvalue weighted by atomic mass is 10.0. The van der Waals surface area contributed by atoms with Gasteiger partial charge in [-0.3, -0.25) is 9.59 Å². The molecule has 2 aromatic heterocycles. The Hall–Kier alpha value is -4.59. The number of amides is 3. The lowest BCUT2D eigenvalue weighted by Gasteiger charge is -2.30. The molecule has 3 aromatic rings.